The molecule has 8 nitrogen and oxygen atoms in total. The Morgan fingerprint density at radius 1 is 1.06 bits per heavy atom. The van der Waals surface area contributed by atoms with E-state index >= 15 is 0 Å². The summed E-state index contributed by atoms with van der Waals surface area (Å²) in [7, 11) is 0. The molecule has 0 unspecified atom stereocenters. The highest BCUT2D eigenvalue weighted by Crippen LogP contribution is 2.36. The molecule has 3 heterocycles. The van der Waals surface area contributed by atoms with E-state index in [1.807, 2.05) is 18.2 Å². The summed E-state index contributed by atoms with van der Waals surface area (Å²) < 4.78 is 33.4. The van der Waals surface area contributed by atoms with Crippen molar-refractivity contribution in [1.82, 2.24) is 15.0 Å². The summed E-state index contributed by atoms with van der Waals surface area (Å²) in [6.07, 6.45) is 3.03. The molecule has 3 aromatic rings. The Balaban J connectivity index is 1.88. The van der Waals surface area contributed by atoms with Gasteiger partial charge in [-0.2, -0.15) is 19.3 Å². The zero-order valence-electron chi connectivity index (χ0n) is 16.5. The largest absolute Gasteiger partial charge is 0.490 e. The number of hydrogen-bond acceptors (Lipinski definition) is 9. The number of rotatable bonds is 9. The van der Waals surface area contributed by atoms with Crippen molar-refractivity contribution in [3.63, 3.8) is 0 Å². The van der Waals surface area contributed by atoms with Crippen LogP contribution in [0.2, 0.25) is 0 Å². The molecule has 2 N–H and O–H groups in total. The smallest absolute Gasteiger partial charge is 0.345 e. The highest BCUT2D eigenvalue weighted by atomic mass is 32.2. The van der Waals surface area contributed by atoms with E-state index < -0.39 is 6.61 Å². The predicted octanol–water partition coefficient (Wildman–Crippen LogP) is 3.77. The minimum absolute atomic E-state index is 0.0173. The molecule has 11 heteroatoms. The van der Waals surface area contributed by atoms with Crippen LogP contribution in [0.3, 0.4) is 0 Å². The Morgan fingerprint density at radius 3 is 2.50 bits per heavy atom. The van der Waals surface area contributed by atoms with Gasteiger partial charge in [-0.15, -0.1) is 0 Å². The van der Waals surface area contributed by atoms with Gasteiger partial charge in [0.15, 0.2) is 0 Å². The Morgan fingerprint density at radius 2 is 1.88 bits per heavy atom. The molecule has 3 rings (SSSR count). The lowest BCUT2D eigenvalue weighted by atomic mass is 10.0. The molecule has 0 radical (unpaired) electrons. The maximum Gasteiger partial charge on any atom is 0.345 e. The molecule has 32 heavy (non-hydrogen) atoms. The van der Waals surface area contributed by atoms with Gasteiger partial charge in [0.25, 0.3) is 0 Å². The van der Waals surface area contributed by atoms with Crippen molar-refractivity contribution in [2.75, 3.05) is 18.9 Å². The van der Waals surface area contributed by atoms with Crippen LogP contribution in [-0.2, 0) is 10.5 Å². The normalized spacial score (nSPS) is 10.5. The van der Waals surface area contributed by atoms with Crippen LogP contribution in [0.5, 0.6) is 5.75 Å². The summed E-state index contributed by atoms with van der Waals surface area (Å²) in [6, 6.07) is 12.7. The number of nitriles is 2. The van der Waals surface area contributed by atoms with E-state index in [-0.39, 0.29) is 35.7 Å². The second kappa shape index (κ2) is 11.0. The third kappa shape index (κ3) is 5.66. The fourth-order valence-electron chi connectivity index (χ4n) is 2.69. The molecule has 0 atom stereocenters. The number of aromatic nitrogens is 3. The van der Waals surface area contributed by atoms with Gasteiger partial charge in [0.2, 0.25) is 0 Å². The van der Waals surface area contributed by atoms with Crippen LogP contribution in [0.25, 0.3) is 11.3 Å². The molecule has 0 spiro atoms. The SMILES string of the molecule is N#Cc1c(N)nc(SCc2ccccn2)c(C#N)c1-c1ccc(OCCOC(F)F)cn1. The van der Waals surface area contributed by atoms with E-state index in [1.54, 1.807) is 24.4 Å². The Kier molecular flexibility index (Phi) is 7.86. The van der Waals surface area contributed by atoms with Gasteiger partial charge in [0, 0.05) is 17.5 Å². The van der Waals surface area contributed by atoms with Gasteiger partial charge in [-0.25, -0.2) is 4.98 Å². The lowest BCUT2D eigenvalue weighted by molar-refractivity contribution is -0.133. The molecule has 3 aromatic heterocycles. The number of alkyl halides is 2. The summed E-state index contributed by atoms with van der Waals surface area (Å²) in [4.78, 5) is 12.7. The van der Waals surface area contributed by atoms with Crippen molar-refractivity contribution in [1.29, 1.82) is 10.5 Å². The molecule has 0 fully saturated rings. The molecule has 0 saturated carbocycles. The van der Waals surface area contributed by atoms with Gasteiger partial charge in [-0.3, -0.25) is 9.97 Å². The van der Waals surface area contributed by atoms with Gasteiger partial charge in [-0.1, -0.05) is 17.8 Å². The molecule has 0 aliphatic heterocycles. The summed E-state index contributed by atoms with van der Waals surface area (Å²) in [5, 5.41) is 19.8. The number of nitrogens with two attached hydrogens (primary N) is 1. The molecular formula is C21H16F2N6O2S. The highest BCUT2D eigenvalue weighted by Gasteiger charge is 2.21. The summed E-state index contributed by atoms with van der Waals surface area (Å²) in [5.41, 5.74) is 7.58. The van der Waals surface area contributed by atoms with Crippen molar-refractivity contribution in [3.05, 3.63) is 59.5 Å². The maximum absolute atomic E-state index is 12.0. The average molecular weight is 454 g/mol. The molecule has 0 amide bonds. The Bertz CT molecular complexity index is 1150. The van der Waals surface area contributed by atoms with Gasteiger partial charge < -0.3 is 15.2 Å². The van der Waals surface area contributed by atoms with Crippen LogP contribution in [0.1, 0.15) is 16.8 Å². The second-order valence-corrected chi connectivity index (χ2v) is 7.08. The number of pyridine rings is 3. The van der Waals surface area contributed by atoms with Crippen LogP contribution in [-0.4, -0.2) is 34.8 Å². The minimum Gasteiger partial charge on any atom is -0.490 e. The van der Waals surface area contributed by atoms with Crippen LogP contribution in [0, 0.1) is 22.7 Å². The monoisotopic (exact) mass is 454 g/mol. The van der Waals surface area contributed by atoms with Gasteiger partial charge in [0.1, 0.15) is 40.9 Å². The van der Waals surface area contributed by atoms with E-state index in [0.717, 1.165) is 5.69 Å². The zero-order chi connectivity index (χ0) is 22.9. The number of hydrogen-bond donors (Lipinski definition) is 1. The van der Waals surface area contributed by atoms with Crippen LogP contribution >= 0.6 is 11.8 Å². The van der Waals surface area contributed by atoms with E-state index in [4.69, 9.17) is 10.5 Å². The van der Waals surface area contributed by atoms with Crippen molar-refractivity contribution >= 4 is 17.6 Å². The second-order valence-electron chi connectivity index (χ2n) is 6.12. The number of thioether (sulfide) groups is 1. The van der Waals surface area contributed by atoms with E-state index in [2.05, 4.69) is 25.8 Å². The van der Waals surface area contributed by atoms with Gasteiger partial charge in [-0.05, 0) is 24.3 Å². The van der Waals surface area contributed by atoms with Crippen LogP contribution in [0.15, 0.2) is 47.8 Å². The number of nitrogen functional groups attached to an aromatic ring is 1. The summed E-state index contributed by atoms with van der Waals surface area (Å²) in [6.45, 7) is -3.24. The number of ether oxygens (including phenoxy) is 2. The molecule has 0 aliphatic carbocycles. The fourth-order valence-corrected chi connectivity index (χ4v) is 3.61. The van der Waals surface area contributed by atoms with Crippen LogP contribution in [0.4, 0.5) is 14.6 Å². The first kappa shape index (κ1) is 22.9. The molecule has 0 saturated heterocycles. The molecule has 0 bridgehead atoms. The molecule has 162 valence electrons. The standard InChI is InChI=1S/C21H16F2N6O2S/c22-21(23)31-8-7-30-14-4-5-17(28-11-14)18-15(9-24)19(26)29-20(16(18)10-25)32-12-13-3-1-2-6-27-13/h1-6,11,21H,7-8,12H2,(H2,26,29). The number of anilines is 1. The van der Waals surface area contributed by atoms with Crippen molar-refractivity contribution in [2.45, 2.75) is 17.4 Å². The number of nitrogens with zero attached hydrogens (tertiary/aromatic N) is 5. The van der Waals surface area contributed by atoms with Crippen molar-refractivity contribution in [2.24, 2.45) is 0 Å². The Hall–Kier alpha value is -3.80. The quantitative estimate of drug-likeness (QED) is 0.379. The topological polar surface area (TPSA) is 131 Å². The van der Waals surface area contributed by atoms with E-state index in [9.17, 15) is 19.3 Å². The lowest BCUT2D eigenvalue weighted by Crippen LogP contribution is -2.10. The molecular weight excluding hydrogens is 438 g/mol. The average Bonchev–Trinajstić information content (AvgIpc) is 2.81. The third-order valence-corrected chi connectivity index (χ3v) is 5.10. The van der Waals surface area contributed by atoms with E-state index in [0.29, 0.717) is 22.2 Å². The van der Waals surface area contributed by atoms with Gasteiger partial charge >= 0.3 is 6.61 Å². The minimum atomic E-state index is -2.87. The maximum atomic E-state index is 12.0. The number of halogens is 2. The Labute approximate surface area is 186 Å². The molecule has 0 aromatic carbocycles. The highest BCUT2D eigenvalue weighted by molar-refractivity contribution is 7.98. The van der Waals surface area contributed by atoms with Gasteiger partial charge in [0.05, 0.1) is 29.8 Å². The first-order valence-electron chi connectivity index (χ1n) is 9.18. The zero-order valence-corrected chi connectivity index (χ0v) is 17.4. The fraction of sp³-hybridized carbons (Fsp3) is 0.190. The summed E-state index contributed by atoms with van der Waals surface area (Å²) >= 11 is 1.27. The van der Waals surface area contributed by atoms with E-state index in [1.165, 1.54) is 18.0 Å². The van der Waals surface area contributed by atoms with Crippen LogP contribution < -0.4 is 10.5 Å². The third-order valence-electron chi connectivity index (χ3n) is 4.09. The van der Waals surface area contributed by atoms with Crippen molar-refractivity contribution < 1.29 is 18.3 Å². The predicted molar refractivity (Wildman–Crippen MR) is 113 cm³/mol. The lowest BCUT2D eigenvalue weighted by Gasteiger charge is -2.13. The molecule has 0 aliphatic rings. The summed E-state index contributed by atoms with van der Waals surface area (Å²) in [5.74, 6) is 0.750. The van der Waals surface area contributed by atoms with Crippen molar-refractivity contribution in [3.8, 4) is 29.1 Å². The first-order chi connectivity index (χ1) is 15.5. The first-order valence-corrected chi connectivity index (χ1v) is 10.2.